The molecule has 0 bridgehead atoms. The Hall–Kier alpha value is -4.22. The molecule has 0 spiro atoms. The Kier molecular flexibility index (Phi) is 8.07. The number of thiophene rings is 1. The number of ether oxygens (including phenoxy) is 2. The van der Waals surface area contributed by atoms with Crippen LogP contribution in [0.3, 0.4) is 0 Å². The second-order valence-corrected chi connectivity index (χ2v) is 12.6. The van der Waals surface area contributed by atoms with E-state index >= 15 is 0 Å². The fourth-order valence-corrected chi connectivity index (χ4v) is 5.63. The van der Waals surface area contributed by atoms with E-state index in [1.165, 1.54) is 0 Å². The van der Waals surface area contributed by atoms with Crippen LogP contribution in [0.5, 0.6) is 0 Å². The smallest absolute Gasteiger partial charge is 0.436 e. The summed E-state index contributed by atoms with van der Waals surface area (Å²) in [6.45, 7) is 12.0. The molecule has 0 aliphatic carbocycles. The van der Waals surface area contributed by atoms with Crippen LogP contribution in [0, 0.1) is 0 Å². The van der Waals surface area contributed by atoms with Crippen LogP contribution in [0.25, 0.3) is 10.2 Å². The molecule has 1 saturated heterocycles. The summed E-state index contributed by atoms with van der Waals surface area (Å²) in [5, 5.41) is 10.7. The van der Waals surface area contributed by atoms with Gasteiger partial charge >= 0.3 is 6.09 Å². The number of anilines is 2. The van der Waals surface area contributed by atoms with E-state index in [1.54, 1.807) is 39.0 Å². The van der Waals surface area contributed by atoms with Gasteiger partial charge in [-0.15, -0.1) is 16.4 Å². The highest BCUT2D eigenvalue weighted by molar-refractivity contribution is 7.20. The van der Waals surface area contributed by atoms with Gasteiger partial charge in [-0.3, -0.25) is 9.59 Å². The predicted molar refractivity (Wildman–Crippen MR) is 164 cm³/mol. The van der Waals surface area contributed by atoms with E-state index in [0.29, 0.717) is 33.9 Å². The van der Waals surface area contributed by atoms with Crippen molar-refractivity contribution in [3.05, 3.63) is 76.7 Å². The molecule has 3 heterocycles. The van der Waals surface area contributed by atoms with Crippen LogP contribution in [-0.2, 0) is 15.0 Å². The summed E-state index contributed by atoms with van der Waals surface area (Å²) in [5.41, 5.74) is 0.990. The normalized spacial score (nSPS) is 14.1. The molecular weight excluding hydrogens is 554 g/mol. The lowest BCUT2D eigenvalue weighted by atomic mass is 9.94. The first-order valence-corrected chi connectivity index (χ1v) is 14.6. The maximum Gasteiger partial charge on any atom is 0.436 e. The lowest BCUT2D eigenvalue weighted by molar-refractivity contribution is 0.0523. The fourth-order valence-electron chi connectivity index (χ4n) is 4.64. The molecule has 0 saturated carbocycles. The fraction of sp³-hybridized carbons (Fsp3) is 0.355. The van der Waals surface area contributed by atoms with Gasteiger partial charge in [0.25, 0.3) is 11.8 Å². The number of carbonyl (C=O) groups excluding carboxylic acids is 3. The first kappa shape index (κ1) is 29.3. The number of hydrogen-bond donors (Lipinski definition) is 2. The zero-order valence-corrected chi connectivity index (χ0v) is 25.2. The molecule has 2 aromatic heterocycles. The number of rotatable bonds is 6. The quantitative estimate of drug-likeness (QED) is 0.299. The molecule has 1 aliphatic heterocycles. The molecule has 2 amide bonds. The largest absolute Gasteiger partial charge is 0.442 e. The zero-order chi connectivity index (χ0) is 30.1. The molecular formula is C31H35N5O5S. The molecule has 2 N–H and O–H groups in total. The van der Waals surface area contributed by atoms with Crippen molar-refractivity contribution < 1.29 is 23.9 Å². The lowest BCUT2D eigenvalue weighted by Gasteiger charge is -2.28. The standard InChI is InChI=1S/C31H35N5O5S/c1-30(2,3)41-29(39)36-28-23(19-24(42-28)27(38)33-31(4,5)21-9-7-6-8-10-21)25(34-36)32-26(37)20-11-13-22(14-12-20)35-15-17-40-18-16-35/h6-14,19H,15-18H2,1-5H3,(H,33,38)(H,32,34,37). The number of carbonyl (C=O) groups is 3. The van der Waals surface area contributed by atoms with E-state index < -0.39 is 17.2 Å². The van der Waals surface area contributed by atoms with Crippen LogP contribution in [0.2, 0.25) is 0 Å². The van der Waals surface area contributed by atoms with Crippen molar-refractivity contribution >= 4 is 51.0 Å². The van der Waals surface area contributed by atoms with Gasteiger partial charge in [-0.1, -0.05) is 30.3 Å². The van der Waals surface area contributed by atoms with E-state index in [1.807, 2.05) is 56.3 Å². The van der Waals surface area contributed by atoms with Crippen molar-refractivity contribution in [3.63, 3.8) is 0 Å². The Bertz CT molecular complexity index is 1600. The van der Waals surface area contributed by atoms with E-state index in [4.69, 9.17) is 9.47 Å². The van der Waals surface area contributed by atoms with Crippen molar-refractivity contribution in [1.29, 1.82) is 0 Å². The van der Waals surface area contributed by atoms with Crippen LogP contribution in [0.1, 0.15) is 60.2 Å². The van der Waals surface area contributed by atoms with Crippen molar-refractivity contribution in [3.8, 4) is 0 Å². The van der Waals surface area contributed by atoms with Crippen LogP contribution in [0.15, 0.2) is 60.7 Å². The SMILES string of the molecule is CC(C)(C)OC(=O)n1nc(NC(=O)c2ccc(N3CCOCC3)cc2)c2cc(C(=O)NC(C)(C)c3ccccc3)sc21. The number of benzene rings is 2. The van der Waals surface area contributed by atoms with Gasteiger partial charge in [-0.2, -0.15) is 4.68 Å². The Balaban J connectivity index is 1.42. The Labute approximate surface area is 248 Å². The Morgan fingerprint density at radius 1 is 0.929 bits per heavy atom. The van der Waals surface area contributed by atoms with Crippen molar-refractivity contribution in [1.82, 2.24) is 15.1 Å². The molecule has 42 heavy (non-hydrogen) atoms. The molecule has 2 aromatic carbocycles. The average molecular weight is 590 g/mol. The van der Waals surface area contributed by atoms with E-state index in [0.717, 1.165) is 40.4 Å². The lowest BCUT2D eigenvalue weighted by Crippen LogP contribution is -2.40. The number of nitrogens with one attached hydrogen (secondary N) is 2. The molecule has 220 valence electrons. The Morgan fingerprint density at radius 2 is 1.60 bits per heavy atom. The van der Waals surface area contributed by atoms with Crippen LogP contribution < -0.4 is 15.5 Å². The van der Waals surface area contributed by atoms with Crippen LogP contribution in [-0.4, -0.2) is 59.6 Å². The molecule has 5 rings (SSSR count). The highest BCUT2D eigenvalue weighted by atomic mass is 32.1. The molecule has 10 nitrogen and oxygen atoms in total. The molecule has 11 heteroatoms. The average Bonchev–Trinajstić information content (AvgIpc) is 3.54. The first-order valence-electron chi connectivity index (χ1n) is 13.8. The van der Waals surface area contributed by atoms with Gasteiger partial charge < -0.3 is 25.0 Å². The summed E-state index contributed by atoms with van der Waals surface area (Å²) >= 11 is 1.10. The minimum Gasteiger partial charge on any atom is -0.442 e. The van der Waals surface area contributed by atoms with Crippen molar-refractivity contribution in [2.45, 2.75) is 45.8 Å². The van der Waals surface area contributed by atoms with Gasteiger partial charge in [-0.05, 0) is 70.5 Å². The van der Waals surface area contributed by atoms with Gasteiger partial charge in [0.05, 0.1) is 29.0 Å². The number of amides is 2. The second-order valence-electron chi connectivity index (χ2n) is 11.6. The highest BCUT2D eigenvalue weighted by Crippen LogP contribution is 2.33. The maximum atomic E-state index is 13.4. The highest BCUT2D eigenvalue weighted by Gasteiger charge is 2.28. The van der Waals surface area contributed by atoms with Gasteiger partial charge in [0, 0.05) is 24.3 Å². The number of hydrogen-bond acceptors (Lipinski definition) is 8. The third-order valence-corrected chi connectivity index (χ3v) is 7.92. The van der Waals surface area contributed by atoms with Crippen LogP contribution in [0.4, 0.5) is 16.3 Å². The number of aromatic nitrogens is 2. The second kappa shape index (κ2) is 11.6. The van der Waals surface area contributed by atoms with Gasteiger partial charge in [-0.25, -0.2) is 4.79 Å². The summed E-state index contributed by atoms with van der Waals surface area (Å²) in [7, 11) is 0. The minimum absolute atomic E-state index is 0.163. The molecule has 1 fully saturated rings. The number of nitrogens with zero attached hydrogens (tertiary/aromatic N) is 3. The summed E-state index contributed by atoms with van der Waals surface area (Å²) < 4.78 is 12.1. The number of fused-ring (bicyclic) bond motifs is 1. The third kappa shape index (κ3) is 6.47. The monoisotopic (exact) mass is 589 g/mol. The van der Waals surface area contributed by atoms with Crippen LogP contribution >= 0.6 is 11.3 Å². The molecule has 0 radical (unpaired) electrons. The van der Waals surface area contributed by atoms with Gasteiger partial charge in [0.1, 0.15) is 10.4 Å². The third-order valence-electron chi connectivity index (χ3n) is 6.81. The summed E-state index contributed by atoms with van der Waals surface area (Å²) in [6.07, 6.45) is -0.707. The molecule has 1 aliphatic rings. The summed E-state index contributed by atoms with van der Waals surface area (Å²) in [6, 6.07) is 18.6. The minimum atomic E-state index is -0.766. The van der Waals surface area contributed by atoms with E-state index in [-0.39, 0.29) is 17.6 Å². The maximum absolute atomic E-state index is 13.4. The Morgan fingerprint density at radius 3 is 2.24 bits per heavy atom. The molecule has 4 aromatic rings. The summed E-state index contributed by atoms with van der Waals surface area (Å²) in [5.74, 6) is -0.533. The number of morpholine rings is 1. The van der Waals surface area contributed by atoms with E-state index in [2.05, 4.69) is 20.6 Å². The van der Waals surface area contributed by atoms with Crippen molar-refractivity contribution in [2.24, 2.45) is 0 Å². The molecule has 0 atom stereocenters. The predicted octanol–water partition coefficient (Wildman–Crippen LogP) is 5.64. The van der Waals surface area contributed by atoms with Gasteiger partial charge in [0.2, 0.25) is 0 Å². The molecule has 0 unspecified atom stereocenters. The van der Waals surface area contributed by atoms with Crippen molar-refractivity contribution in [2.75, 3.05) is 36.5 Å². The first-order chi connectivity index (χ1) is 19.9. The topological polar surface area (TPSA) is 115 Å². The van der Waals surface area contributed by atoms with E-state index in [9.17, 15) is 14.4 Å². The summed E-state index contributed by atoms with van der Waals surface area (Å²) in [4.78, 5) is 42.7. The van der Waals surface area contributed by atoms with Gasteiger partial charge in [0.15, 0.2) is 5.82 Å². The zero-order valence-electron chi connectivity index (χ0n) is 24.4.